The number of aldehydes is 1. The molecular formula is C14H18FNO. The molecule has 1 aliphatic rings. The van der Waals surface area contributed by atoms with Crippen LogP contribution in [0.25, 0.3) is 0 Å². The maximum atomic E-state index is 13.7. The van der Waals surface area contributed by atoms with E-state index in [2.05, 4.69) is 11.9 Å². The molecule has 0 radical (unpaired) electrons. The molecular weight excluding hydrogens is 217 g/mol. The van der Waals surface area contributed by atoms with Crippen LogP contribution in [0.1, 0.15) is 24.3 Å². The number of hydrogen-bond acceptors (Lipinski definition) is 2. The predicted octanol–water partition coefficient (Wildman–Crippen LogP) is 2.45. The van der Waals surface area contributed by atoms with E-state index in [1.165, 1.54) is 6.07 Å². The van der Waals surface area contributed by atoms with Gasteiger partial charge in [0, 0.05) is 5.92 Å². The molecule has 0 amide bonds. The van der Waals surface area contributed by atoms with Gasteiger partial charge in [0.1, 0.15) is 12.1 Å². The first kappa shape index (κ1) is 12.2. The van der Waals surface area contributed by atoms with Crippen LogP contribution in [-0.2, 0) is 4.79 Å². The summed E-state index contributed by atoms with van der Waals surface area (Å²) in [6.45, 7) is 1.98. The number of likely N-dealkylation sites (tertiary alicyclic amines) is 1. The molecule has 92 valence electrons. The Bertz CT molecular complexity index is 386. The number of nitrogens with zero attached hydrogens (tertiary/aromatic N) is 1. The normalized spacial score (nSPS) is 20.1. The Morgan fingerprint density at radius 1 is 1.35 bits per heavy atom. The van der Waals surface area contributed by atoms with E-state index < -0.39 is 0 Å². The second kappa shape index (κ2) is 5.41. The lowest BCUT2D eigenvalue weighted by Gasteiger charge is -2.32. The molecule has 0 aromatic heterocycles. The standard InChI is InChI=1S/C14H18FNO/c1-16-8-6-11(7-9-16)13(10-17)12-4-2-3-5-14(12)15/h2-5,10-11,13H,6-9H2,1H3. The average Bonchev–Trinajstić information content (AvgIpc) is 2.35. The van der Waals surface area contributed by atoms with Gasteiger partial charge in [-0.15, -0.1) is 0 Å². The van der Waals surface area contributed by atoms with Crippen molar-refractivity contribution in [1.29, 1.82) is 0 Å². The van der Waals surface area contributed by atoms with Gasteiger partial charge in [-0.2, -0.15) is 0 Å². The van der Waals surface area contributed by atoms with Gasteiger partial charge >= 0.3 is 0 Å². The molecule has 0 aliphatic carbocycles. The summed E-state index contributed by atoms with van der Waals surface area (Å²) in [6.07, 6.45) is 2.84. The average molecular weight is 235 g/mol. The molecule has 1 heterocycles. The van der Waals surface area contributed by atoms with Crippen LogP contribution >= 0.6 is 0 Å². The molecule has 0 spiro atoms. The van der Waals surface area contributed by atoms with Crippen LogP contribution in [0.4, 0.5) is 4.39 Å². The van der Waals surface area contributed by atoms with Crippen LogP contribution in [0.15, 0.2) is 24.3 Å². The highest BCUT2D eigenvalue weighted by molar-refractivity contribution is 5.63. The minimum atomic E-state index is -0.287. The van der Waals surface area contributed by atoms with E-state index in [1.807, 2.05) is 0 Å². The molecule has 2 rings (SSSR count). The number of hydrogen-bond donors (Lipinski definition) is 0. The van der Waals surface area contributed by atoms with Gasteiger partial charge in [-0.25, -0.2) is 4.39 Å². The fourth-order valence-corrected chi connectivity index (χ4v) is 2.57. The lowest BCUT2D eigenvalue weighted by molar-refractivity contribution is -0.110. The number of benzene rings is 1. The van der Waals surface area contributed by atoms with E-state index in [0.717, 1.165) is 32.2 Å². The van der Waals surface area contributed by atoms with Crippen molar-refractivity contribution in [1.82, 2.24) is 4.90 Å². The molecule has 0 bridgehead atoms. The molecule has 1 aliphatic heterocycles. The highest BCUT2D eigenvalue weighted by atomic mass is 19.1. The number of halogens is 1. The van der Waals surface area contributed by atoms with E-state index in [9.17, 15) is 9.18 Å². The third kappa shape index (κ3) is 2.72. The molecule has 1 aromatic rings. The molecule has 3 heteroatoms. The zero-order valence-electron chi connectivity index (χ0n) is 10.1. The van der Waals surface area contributed by atoms with Crippen LogP contribution in [0.5, 0.6) is 0 Å². The maximum absolute atomic E-state index is 13.7. The fourth-order valence-electron chi connectivity index (χ4n) is 2.57. The lowest BCUT2D eigenvalue weighted by Crippen LogP contribution is -2.33. The summed E-state index contributed by atoms with van der Waals surface area (Å²) >= 11 is 0. The second-order valence-corrected chi connectivity index (χ2v) is 4.82. The molecule has 2 nitrogen and oxygen atoms in total. The number of rotatable bonds is 3. The highest BCUT2D eigenvalue weighted by Gasteiger charge is 2.27. The van der Waals surface area contributed by atoms with Gasteiger partial charge in [0.2, 0.25) is 0 Å². The van der Waals surface area contributed by atoms with Crippen molar-refractivity contribution >= 4 is 6.29 Å². The van der Waals surface area contributed by atoms with Gasteiger partial charge in [-0.05, 0) is 50.5 Å². The summed E-state index contributed by atoms with van der Waals surface area (Å²) in [5.41, 5.74) is 0.553. The molecule has 0 N–H and O–H groups in total. The van der Waals surface area contributed by atoms with Crippen LogP contribution in [0.2, 0.25) is 0 Å². The molecule has 1 fully saturated rings. The third-order valence-corrected chi connectivity index (χ3v) is 3.68. The monoisotopic (exact) mass is 235 g/mol. The molecule has 1 aromatic carbocycles. The first-order valence-corrected chi connectivity index (χ1v) is 6.10. The Balaban J connectivity index is 2.17. The second-order valence-electron chi connectivity index (χ2n) is 4.82. The van der Waals surface area contributed by atoms with Gasteiger partial charge in [-0.1, -0.05) is 18.2 Å². The summed E-state index contributed by atoms with van der Waals surface area (Å²) in [5, 5.41) is 0. The quantitative estimate of drug-likeness (QED) is 0.750. The Kier molecular flexibility index (Phi) is 3.89. The maximum Gasteiger partial charge on any atom is 0.127 e. The van der Waals surface area contributed by atoms with Crippen LogP contribution in [0, 0.1) is 11.7 Å². The van der Waals surface area contributed by atoms with E-state index in [0.29, 0.717) is 5.56 Å². The van der Waals surface area contributed by atoms with Crippen molar-refractivity contribution in [2.45, 2.75) is 18.8 Å². The van der Waals surface area contributed by atoms with Crippen LogP contribution < -0.4 is 0 Å². The SMILES string of the molecule is CN1CCC(C(C=O)c2ccccc2F)CC1. The number of carbonyl (C=O) groups is 1. The van der Waals surface area contributed by atoms with Gasteiger partial charge in [0.25, 0.3) is 0 Å². The van der Waals surface area contributed by atoms with Gasteiger partial charge in [0.15, 0.2) is 0 Å². The third-order valence-electron chi connectivity index (χ3n) is 3.68. The zero-order chi connectivity index (χ0) is 12.3. The van der Waals surface area contributed by atoms with Gasteiger partial charge in [0.05, 0.1) is 0 Å². The summed E-state index contributed by atoms with van der Waals surface area (Å²) in [7, 11) is 2.08. The molecule has 0 saturated carbocycles. The van der Waals surface area contributed by atoms with E-state index in [1.54, 1.807) is 18.2 Å². The molecule has 1 saturated heterocycles. The van der Waals surface area contributed by atoms with Crippen LogP contribution in [-0.4, -0.2) is 31.3 Å². The number of carbonyl (C=O) groups excluding carboxylic acids is 1. The Hall–Kier alpha value is -1.22. The molecule has 1 atom stereocenters. The van der Waals surface area contributed by atoms with Gasteiger partial charge in [-0.3, -0.25) is 0 Å². The Morgan fingerprint density at radius 2 is 2.00 bits per heavy atom. The number of piperidine rings is 1. The summed E-state index contributed by atoms with van der Waals surface area (Å²) in [6, 6.07) is 6.62. The van der Waals surface area contributed by atoms with E-state index in [4.69, 9.17) is 0 Å². The Morgan fingerprint density at radius 3 is 2.59 bits per heavy atom. The predicted molar refractivity (Wildman–Crippen MR) is 65.4 cm³/mol. The smallest absolute Gasteiger partial charge is 0.127 e. The van der Waals surface area contributed by atoms with E-state index >= 15 is 0 Å². The largest absolute Gasteiger partial charge is 0.306 e. The van der Waals surface area contributed by atoms with Crippen molar-refractivity contribution in [3.8, 4) is 0 Å². The first-order valence-electron chi connectivity index (χ1n) is 6.10. The van der Waals surface area contributed by atoms with Crippen LogP contribution in [0.3, 0.4) is 0 Å². The molecule has 17 heavy (non-hydrogen) atoms. The summed E-state index contributed by atoms with van der Waals surface area (Å²) in [4.78, 5) is 13.5. The van der Waals surface area contributed by atoms with Crippen molar-refractivity contribution < 1.29 is 9.18 Å². The van der Waals surface area contributed by atoms with Crippen molar-refractivity contribution in [2.75, 3.05) is 20.1 Å². The minimum Gasteiger partial charge on any atom is -0.306 e. The minimum absolute atomic E-state index is 0.261. The lowest BCUT2D eigenvalue weighted by atomic mass is 9.81. The van der Waals surface area contributed by atoms with Crippen molar-refractivity contribution in [2.24, 2.45) is 5.92 Å². The summed E-state index contributed by atoms with van der Waals surface area (Å²) in [5.74, 6) is -0.269. The zero-order valence-corrected chi connectivity index (χ0v) is 10.1. The summed E-state index contributed by atoms with van der Waals surface area (Å²) < 4.78 is 13.7. The van der Waals surface area contributed by atoms with Crippen molar-refractivity contribution in [3.05, 3.63) is 35.6 Å². The fraction of sp³-hybridized carbons (Fsp3) is 0.500. The van der Waals surface area contributed by atoms with E-state index in [-0.39, 0.29) is 17.7 Å². The van der Waals surface area contributed by atoms with Crippen molar-refractivity contribution in [3.63, 3.8) is 0 Å². The van der Waals surface area contributed by atoms with Gasteiger partial charge < -0.3 is 9.69 Å². The Labute approximate surface area is 101 Å². The highest BCUT2D eigenvalue weighted by Crippen LogP contribution is 2.32. The topological polar surface area (TPSA) is 20.3 Å². The first-order chi connectivity index (χ1) is 8.22. The molecule has 1 unspecified atom stereocenters.